The predicted molar refractivity (Wildman–Crippen MR) is 95.0 cm³/mol. The standard InChI is InChI=1S/C18H31NO2Si/c1-14-8-7-13-19(17(14)20)15-9-11-16(12-10-15)21-22(5,6)18(2,3)4/h7-8,13,15-16H,9-12H2,1-6H3. The Morgan fingerprint density at radius 1 is 1.18 bits per heavy atom. The van der Waals surface area contributed by atoms with E-state index in [0.717, 1.165) is 31.2 Å². The molecular formula is C18H31NO2Si. The maximum absolute atomic E-state index is 12.2. The van der Waals surface area contributed by atoms with Crippen LogP contribution < -0.4 is 5.56 Å². The normalized spacial score (nSPS) is 23.5. The summed E-state index contributed by atoms with van der Waals surface area (Å²) < 4.78 is 8.46. The van der Waals surface area contributed by atoms with Gasteiger partial charge in [-0.1, -0.05) is 26.8 Å². The summed E-state index contributed by atoms with van der Waals surface area (Å²) >= 11 is 0. The molecule has 1 aliphatic rings. The SMILES string of the molecule is Cc1cccn(C2CCC(O[Si](C)(C)C(C)(C)C)CC2)c1=O. The molecule has 0 radical (unpaired) electrons. The van der Waals surface area contributed by atoms with E-state index in [-0.39, 0.29) is 10.6 Å². The third-order valence-electron chi connectivity index (χ3n) is 5.47. The van der Waals surface area contributed by atoms with Crippen molar-refractivity contribution in [2.75, 3.05) is 0 Å². The first-order valence-corrected chi connectivity index (χ1v) is 11.4. The highest BCUT2D eigenvalue weighted by Gasteiger charge is 2.39. The largest absolute Gasteiger partial charge is 0.414 e. The van der Waals surface area contributed by atoms with Crippen LogP contribution >= 0.6 is 0 Å². The Hall–Kier alpha value is -0.873. The summed E-state index contributed by atoms with van der Waals surface area (Å²) in [5, 5.41) is 0.261. The summed E-state index contributed by atoms with van der Waals surface area (Å²) in [5.74, 6) is 0. The van der Waals surface area contributed by atoms with Gasteiger partial charge in [0.2, 0.25) is 0 Å². The second kappa shape index (κ2) is 6.32. The molecule has 0 amide bonds. The van der Waals surface area contributed by atoms with Crippen LogP contribution in [0, 0.1) is 6.92 Å². The number of nitrogens with zero attached hydrogens (tertiary/aromatic N) is 1. The number of aryl methyl sites for hydroxylation is 1. The monoisotopic (exact) mass is 321 g/mol. The molecule has 1 aromatic rings. The summed E-state index contributed by atoms with van der Waals surface area (Å²) in [6.45, 7) is 13.4. The van der Waals surface area contributed by atoms with Gasteiger partial charge in [0.05, 0.1) is 0 Å². The quantitative estimate of drug-likeness (QED) is 0.758. The minimum atomic E-state index is -1.68. The summed E-state index contributed by atoms with van der Waals surface area (Å²) in [7, 11) is -1.68. The van der Waals surface area contributed by atoms with Crippen molar-refractivity contribution in [2.45, 2.75) is 83.7 Å². The van der Waals surface area contributed by atoms with Gasteiger partial charge in [-0.25, -0.2) is 0 Å². The molecule has 4 heteroatoms. The smallest absolute Gasteiger partial charge is 0.253 e. The second-order valence-electron chi connectivity index (χ2n) is 8.21. The van der Waals surface area contributed by atoms with Gasteiger partial charge >= 0.3 is 0 Å². The fraction of sp³-hybridized carbons (Fsp3) is 0.722. The Balaban J connectivity index is 1.99. The highest BCUT2D eigenvalue weighted by molar-refractivity contribution is 6.74. The first-order valence-electron chi connectivity index (χ1n) is 8.47. The Labute approximate surface area is 135 Å². The van der Waals surface area contributed by atoms with E-state index in [0.29, 0.717) is 12.1 Å². The molecule has 1 heterocycles. The lowest BCUT2D eigenvalue weighted by Crippen LogP contribution is -2.45. The molecule has 0 unspecified atom stereocenters. The maximum Gasteiger partial charge on any atom is 0.253 e. The van der Waals surface area contributed by atoms with Gasteiger partial charge in [0.1, 0.15) is 0 Å². The van der Waals surface area contributed by atoms with Crippen molar-refractivity contribution in [1.29, 1.82) is 0 Å². The second-order valence-corrected chi connectivity index (χ2v) is 13.0. The number of hydrogen-bond acceptors (Lipinski definition) is 2. The highest BCUT2D eigenvalue weighted by Crippen LogP contribution is 2.40. The fourth-order valence-electron chi connectivity index (χ4n) is 2.94. The van der Waals surface area contributed by atoms with E-state index in [1.165, 1.54) is 0 Å². The molecule has 0 aromatic carbocycles. The molecule has 0 saturated heterocycles. The molecule has 1 aromatic heterocycles. The van der Waals surface area contributed by atoms with Gasteiger partial charge in [0, 0.05) is 23.9 Å². The summed E-state index contributed by atoms with van der Waals surface area (Å²) in [4.78, 5) is 12.2. The van der Waals surface area contributed by atoms with E-state index in [9.17, 15) is 4.79 Å². The molecule has 1 saturated carbocycles. The van der Waals surface area contributed by atoms with Crippen molar-refractivity contribution in [2.24, 2.45) is 0 Å². The van der Waals surface area contributed by atoms with Crippen LogP contribution in [-0.4, -0.2) is 19.0 Å². The summed E-state index contributed by atoms with van der Waals surface area (Å²) in [6.07, 6.45) is 6.53. The van der Waals surface area contributed by atoms with Crippen LogP contribution in [0.4, 0.5) is 0 Å². The van der Waals surface area contributed by atoms with Crippen LogP contribution in [0.25, 0.3) is 0 Å². The van der Waals surface area contributed by atoms with Crippen molar-refractivity contribution in [3.63, 3.8) is 0 Å². The molecule has 0 spiro atoms. The van der Waals surface area contributed by atoms with Crippen LogP contribution in [0.15, 0.2) is 23.1 Å². The molecule has 1 aliphatic carbocycles. The van der Waals surface area contributed by atoms with Crippen LogP contribution in [0.2, 0.25) is 18.1 Å². The van der Waals surface area contributed by atoms with Crippen molar-refractivity contribution in [1.82, 2.24) is 4.57 Å². The van der Waals surface area contributed by atoms with Crippen molar-refractivity contribution >= 4 is 8.32 Å². The minimum Gasteiger partial charge on any atom is -0.414 e. The number of hydrogen-bond donors (Lipinski definition) is 0. The highest BCUT2D eigenvalue weighted by atomic mass is 28.4. The predicted octanol–water partition coefficient (Wildman–Crippen LogP) is 4.66. The number of rotatable bonds is 3. The Kier molecular flexibility index (Phi) is 5.02. The van der Waals surface area contributed by atoms with Crippen molar-refractivity contribution < 1.29 is 4.43 Å². The first kappa shape index (κ1) is 17.5. The lowest BCUT2D eigenvalue weighted by atomic mass is 9.93. The van der Waals surface area contributed by atoms with E-state index in [2.05, 4.69) is 33.9 Å². The molecule has 0 N–H and O–H groups in total. The van der Waals surface area contributed by atoms with E-state index >= 15 is 0 Å². The zero-order valence-corrected chi connectivity index (χ0v) is 16.0. The van der Waals surface area contributed by atoms with Gasteiger partial charge in [-0.05, 0) is 56.8 Å². The molecule has 3 nitrogen and oxygen atoms in total. The van der Waals surface area contributed by atoms with Crippen molar-refractivity contribution in [3.05, 3.63) is 34.2 Å². The Morgan fingerprint density at radius 2 is 1.77 bits per heavy atom. The molecule has 2 rings (SSSR count). The van der Waals surface area contributed by atoms with E-state index < -0.39 is 8.32 Å². The third-order valence-corrected chi connectivity index (χ3v) is 10.0. The van der Waals surface area contributed by atoms with Gasteiger partial charge in [-0.2, -0.15) is 0 Å². The molecular weight excluding hydrogens is 290 g/mol. The number of pyridine rings is 1. The van der Waals surface area contributed by atoms with E-state index in [4.69, 9.17) is 4.43 Å². The van der Waals surface area contributed by atoms with E-state index in [1.54, 1.807) is 0 Å². The van der Waals surface area contributed by atoms with Crippen LogP contribution in [0.5, 0.6) is 0 Å². The minimum absolute atomic E-state index is 0.163. The molecule has 0 aliphatic heterocycles. The Bertz CT molecular complexity index is 563. The topological polar surface area (TPSA) is 31.2 Å². The molecule has 0 bridgehead atoms. The fourth-order valence-corrected chi connectivity index (χ4v) is 4.37. The maximum atomic E-state index is 12.2. The third kappa shape index (κ3) is 3.72. The first-order chi connectivity index (χ1) is 10.1. The van der Waals surface area contributed by atoms with Crippen LogP contribution in [0.3, 0.4) is 0 Å². The van der Waals surface area contributed by atoms with Gasteiger partial charge in [-0.3, -0.25) is 4.79 Å². The van der Waals surface area contributed by atoms with Gasteiger partial charge in [0.25, 0.3) is 5.56 Å². The lowest BCUT2D eigenvalue weighted by Gasteiger charge is -2.41. The molecule has 22 heavy (non-hydrogen) atoms. The summed E-state index contributed by atoms with van der Waals surface area (Å²) in [6, 6.07) is 4.21. The average molecular weight is 322 g/mol. The zero-order valence-electron chi connectivity index (χ0n) is 15.0. The van der Waals surface area contributed by atoms with Gasteiger partial charge in [0.15, 0.2) is 8.32 Å². The van der Waals surface area contributed by atoms with Crippen LogP contribution in [0.1, 0.15) is 58.1 Å². The number of aromatic nitrogens is 1. The van der Waals surface area contributed by atoms with E-state index in [1.807, 2.05) is 29.8 Å². The molecule has 124 valence electrons. The van der Waals surface area contributed by atoms with Gasteiger partial charge < -0.3 is 8.99 Å². The van der Waals surface area contributed by atoms with Crippen molar-refractivity contribution in [3.8, 4) is 0 Å². The zero-order chi connectivity index (χ0) is 16.5. The van der Waals surface area contributed by atoms with Gasteiger partial charge in [-0.15, -0.1) is 0 Å². The lowest BCUT2D eigenvalue weighted by molar-refractivity contribution is 0.117. The van der Waals surface area contributed by atoms with Crippen LogP contribution in [-0.2, 0) is 4.43 Å². The molecule has 0 atom stereocenters. The summed E-state index contributed by atoms with van der Waals surface area (Å²) in [5.41, 5.74) is 0.999. The Morgan fingerprint density at radius 3 is 2.32 bits per heavy atom. The molecule has 1 fully saturated rings. The average Bonchev–Trinajstić information content (AvgIpc) is 2.41.